The van der Waals surface area contributed by atoms with E-state index in [1.165, 1.54) is 0 Å². The lowest BCUT2D eigenvalue weighted by Gasteiger charge is -2.32. The van der Waals surface area contributed by atoms with Crippen molar-refractivity contribution in [2.45, 2.75) is 37.4 Å². The van der Waals surface area contributed by atoms with Gasteiger partial charge in [0.1, 0.15) is 6.04 Å². The van der Waals surface area contributed by atoms with Crippen LogP contribution in [0.1, 0.15) is 19.3 Å². The molecular weight excluding hydrogens is 304 g/mol. The van der Waals surface area contributed by atoms with Gasteiger partial charge in [-0.15, -0.1) is 0 Å². The Kier molecular flexibility index (Phi) is 5.16. The third-order valence-corrected chi connectivity index (χ3v) is 5.26. The van der Waals surface area contributed by atoms with Gasteiger partial charge in [-0.25, -0.2) is 0 Å². The van der Waals surface area contributed by atoms with Crippen LogP contribution >= 0.6 is 0 Å². The van der Waals surface area contributed by atoms with Crippen LogP contribution in [0.2, 0.25) is 0 Å². The highest BCUT2D eigenvalue weighted by Crippen LogP contribution is 2.25. The van der Waals surface area contributed by atoms with Crippen LogP contribution in [0.25, 0.3) is 0 Å². The normalized spacial score (nSPS) is 28.1. The van der Waals surface area contributed by atoms with Crippen LogP contribution in [-0.4, -0.2) is 66.9 Å². The summed E-state index contributed by atoms with van der Waals surface area (Å²) in [6, 6.07) is 9.86. The minimum absolute atomic E-state index is 0.0188. The van der Waals surface area contributed by atoms with E-state index in [9.17, 15) is 9.59 Å². The highest BCUT2D eigenvalue weighted by molar-refractivity contribution is 5.90. The lowest BCUT2D eigenvalue weighted by Crippen LogP contribution is -2.48. The zero-order valence-corrected chi connectivity index (χ0v) is 14.4. The van der Waals surface area contributed by atoms with Gasteiger partial charge in [-0.3, -0.25) is 19.4 Å². The summed E-state index contributed by atoms with van der Waals surface area (Å²) in [6.45, 7) is 1.54. The van der Waals surface area contributed by atoms with Crippen LogP contribution in [0.5, 0.6) is 0 Å². The number of anilines is 1. The molecule has 3 rings (SSSR count). The fourth-order valence-corrected chi connectivity index (χ4v) is 3.81. The molecular formula is C18H26N4O2. The van der Waals surface area contributed by atoms with Gasteiger partial charge in [-0.2, -0.15) is 0 Å². The van der Waals surface area contributed by atoms with E-state index >= 15 is 0 Å². The maximum Gasteiger partial charge on any atom is 0.239 e. The summed E-state index contributed by atoms with van der Waals surface area (Å²) in [4.78, 5) is 28.9. The third-order valence-electron chi connectivity index (χ3n) is 5.26. The monoisotopic (exact) mass is 330 g/mol. The van der Waals surface area contributed by atoms with Crippen molar-refractivity contribution in [1.82, 2.24) is 15.1 Å². The number of likely N-dealkylation sites (N-methyl/N-ethyl adjacent to an activating group) is 2. The summed E-state index contributed by atoms with van der Waals surface area (Å²) in [5, 5.41) is 5.97. The Morgan fingerprint density at radius 2 is 2.04 bits per heavy atom. The molecule has 0 spiro atoms. The molecule has 3 atom stereocenters. The maximum atomic E-state index is 12.3. The summed E-state index contributed by atoms with van der Waals surface area (Å²) < 4.78 is 0. The summed E-state index contributed by atoms with van der Waals surface area (Å²) in [6.07, 6.45) is 2.19. The maximum absolute atomic E-state index is 12.3. The molecule has 2 aliphatic rings. The Balaban J connectivity index is 1.57. The van der Waals surface area contributed by atoms with E-state index in [0.717, 1.165) is 25.1 Å². The van der Waals surface area contributed by atoms with E-state index in [4.69, 9.17) is 0 Å². The second-order valence-electron chi connectivity index (χ2n) is 6.80. The molecule has 130 valence electrons. The Bertz CT molecular complexity index is 592. The Morgan fingerprint density at radius 3 is 2.79 bits per heavy atom. The quantitative estimate of drug-likeness (QED) is 0.861. The first-order valence-corrected chi connectivity index (χ1v) is 8.61. The highest BCUT2D eigenvalue weighted by Gasteiger charge is 2.43. The van der Waals surface area contributed by atoms with Gasteiger partial charge >= 0.3 is 0 Å². The molecule has 1 aromatic carbocycles. The van der Waals surface area contributed by atoms with Gasteiger partial charge in [-0.05, 0) is 39.1 Å². The van der Waals surface area contributed by atoms with E-state index in [2.05, 4.69) is 27.5 Å². The Morgan fingerprint density at radius 1 is 1.29 bits per heavy atom. The molecule has 2 fully saturated rings. The molecule has 0 radical (unpaired) electrons. The number of carbonyl (C=O) groups is 2. The lowest BCUT2D eigenvalue weighted by atomic mass is 10.0. The van der Waals surface area contributed by atoms with Crippen molar-refractivity contribution in [1.29, 1.82) is 0 Å². The number of likely N-dealkylation sites (tertiary alicyclic amines) is 1. The third kappa shape index (κ3) is 3.60. The second kappa shape index (κ2) is 7.32. The van der Waals surface area contributed by atoms with Crippen LogP contribution in [0.3, 0.4) is 0 Å². The van der Waals surface area contributed by atoms with Gasteiger partial charge in [0, 0.05) is 37.3 Å². The van der Waals surface area contributed by atoms with Crippen LogP contribution in [-0.2, 0) is 9.59 Å². The van der Waals surface area contributed by atoms with Crippen molar-refractivity contribution in [3.63, 3.8) is 0 Å². The van der Waals surface area contributed by atoms with E-state index < -0.39 is 0 Å². The van der Waals surface area contributed by atoms with E-state index in [1.807, 2.05) is 37.4 Å². The topological polar surface area (TPSA) is 64.7 Å². The molecule has 0 unspecified atom stereocenters. The standard InChI is InChI=1S/C18H26N4O2/c1-21-11-10-15-17(21)18(24)19-12-14(22(15)2)8-9-16(23)20-13-6-4-3-5-7-13/h3-7,14-15,17H,8-12H2,1-2H3,(H,19,24)(H,20,23)/t14-,15-,17-/m0/s1. The molecule has 1 aromatic rings. The fourth-order valence-electron chi connectivity index (χ4n) is 3.81. The first kappa shape index (κ1) is 16.9. The van der Waals surface area contributed by atoms with Crippen LogP contribution < -0.4 is 10.6 Å². The Hall–Kier alpha value is -1.92. The first-order valence-electron chi connectivity index (χ1n) is 8.61. The number of carbonyl (C=O) groups excluding carboxylic acids is 2. The summed E-state index contributed by atoms with van der Waals surface area (Å²) in [7, 11) is 4.09. The number of amides is 2. The molecule has 0 aliphatic carbocycles. The van der Waals surface area contributed by atoms with E-state index in [1.54, 1.807) is 0 Å². The van der Waals surface area contributed by atoms with Gasteiger partial charge in [0.2, 0.25) is 11.8 Å². The minimum Gasteiger partial charge on any atom is -0.353 e. The number of benzene rings is 1. The van der Waals surface area contributed by atoms with Gasteiger partial charge in [0.05, 0.1) is 0 Å². The molecule has 24 heavy (non-hydrogen) atoms. The number of fused-ring (bicyclic) bond motifs is 1. The smallest absolute Gasteiger partial charge is 0.239 e. The number of hydrogen-bond donors (Lipinski definition) is 2. The molecule has 0 bridgehead atoms. The number of para-hydroxylation sites is 1. The summed E-state index contributed by atoms with van der Waals surface area (Å²) in [5.74, 6) is 0.133. The molecule has 2 saturated heterocycles. The summed E-state index contributed by atoms with van der Waals surface area (Å²) >= 11 is 0. The van der Waals surface area contributed by atoms with Crippen LogP contribution in [0.15, 0.2) is 30.3 Å². The minimum atomic E-state index is -0.0712. The van der Waals surface area contributed by atoms with E-state index in [0.29, 0.717) is 13.0 Å². The average molecular weight is 330 g/mol. The van der Waals surface area contributed by atoms with Crippen molar-refractivity contribution in [2.75, 3.05) is 32.5 Å². The van der Waals surface area contributed by atoms with Crippen molar-refractivity contribution in [3.05, 3.63) is 30.3 Å². The molecule has 0 aromatic heterocycles. The number of rotatable bonds is 4. The van der Waals surface area contributed by atoms with Crippen molar-refractivity contribution in [3.8, 4) is 0 Å². The molecule has 6 heteroatoms. The molecule has 0 saturated carbocycles. The fraction of sp³-hybridized carbons (Fsp3) is 0.556. The molecule has 2 heterocycles. The molecule has 6 nitrogen and oxygen atoms in total. The number of nitrogens with one attached hydrogen (secondary N) is 2. The predicted octanol–water partition coefficient (Wildman–Crippen LogP) is 0.908. The number of nitrogens with zero attached hydrogens (tertiary/aromatic N) is 2. The predicted molar refractivity (Wildman–Crippen MR) is 93.7 cm³/mol. The van der Waals surface area contributed by atoms with Gasteiger partial charge in [0.15, 0.2) is 0 Å². The first-order chi connectivity index (χ1) is 11.6. The van der Waals surface area contributed by atoms with Gasteiger partial charge < -0.3 is 10.6 Å². The molecule has 2 amide bonds. The second-order valence-corrected chi connectivity index (χ2v) is 6.80. The highest BCUT2D eigenvalue weighted by atomic mass is 16.2. The SMILES string of the molecule is CN1CC[C@H]2[C@H]1C(=O)NC[C@H](CCC(=O)Nc1ccccc1)N2C. The molecule has 2 N–H and O–H groups in total. The zero-order chi connectivity index (χ0) is 17.1. The lowest BCUT2D eigenvalue weighted by molar-refractivity contribution is -0.125. The van der Waals surface area contributed by atoms with Crippen molar-refractivity contribution in [2.24, 2.45) is 0 Å². The van der Waals surface area contributed by atoms with Gasteiger partial charge in [-0.1, -0.05) is 18.2 Å². The Labute approximate surface area is 143 Å². The van der Waals surface area contributed by atoms with Crippen molar-refractivity contribution < 1.29 is 9.59 Å². The van der Waals surface area contributed by atoms with Crippen molar-refractivity contribution >= 4 is 17.5 Å². The largest absolute Gasteiger partial charge is 0.353 e. The molecule has 2 aliphatic heterocycles. The van der Waals surface area contributed by atoms with Crippen LogP contribution in [0, 0.1) is 0 Å². The van der Waals surface area contributed by atoms with Crippen LogP contribution in [0.4, 0.5) is 5.69 Å². The average Bonchev–Trinajstić information content (AvgIpc) is 2.91. The van der Waals surface area contributed by atoms with Gasteiger partial charge in [0.25, 0.3) is 0 Å². The number of hydrogen-bond acceptors (Lipinski definition) is 4. The summed E-state index contributed by atoms with van der Waals surface area (Å²) in [5.41, 5.74) is 0.822. The van der Waals surface area contributed by atoms with E-state index in [-0.39, 0.29) is 29.9 Å². The zero-order valence-electron chi connectivity index (χ0n) is 14.4.